The predicted octanol–water partition coefficient (Wildman–Crippen LogP) is 8.68. The lowest BCUT2D eigenvalue weighted by Gasteiger charge is -2.17. The summed E-state index contributed by atoms with van der Waals surface area (Å²) < 4.78 is 5.84. The molecule has 0 saturated heterocycles. The van der Waals surface area contributed by atoms with Gasteiger partial charge in [0.15, 0.2) is 0 Å². The predicted molar refractivity (Wildman–Crippen MR) is 153 cm³/mol. The van der Waals surface area contributed by atoms with Crippen molar-refractivity contribution in [1.82, 2.24) is 0 Å². The Kier molecular flexibility index (Phi) is 7.57. The summed E-state index contributed by atoms with van der Waals surface area (Å²) >= 11 is 0. The topological polar surface area (TPSA) is 26.3 Å². The molecule has 0 fully saturated rings. The van der Waals surface area contributed by atoms with Crippen molar-refractivity contribution in [3.05, 3.63) is 155 Å². The van der Waals surface area contributed by atoms with E-state index in [0.717, 1.165) is 45.9 Å². The van der Waals surface area contributed by atoms with E-state index in [4.69, 9.17) is 4.74 Å². The van der Waals surface area contributed by atoms with Gasteiger partial charge in [0.1, 0.15) is 6.61 Å². The first-order chi connectivity index (χ1) is 18.2. The highest BCUT2D eigenvalue weighted by Gasteiger charge is 2.19. The van der Waals surface area contributed by atoms with Gasteiger partial charge in [0.2, 0.25) is 0 Å². The van der Waals surface area contributed by atoms with Crippen molar-refractivity contribution in [2.45, 2.75) is 26.4 Å². The number of rotatable bonds is 8. The normalized spacial score (nSPS) is 11.4. The van der Waals surface area contributed by atoms with Gasteiger partial charge in [-0.2, -0.15) is 0 Å². The van der Waals surface area contributed by atoms with Crippen molar-refractivity contribution in [3.63, 3.8) is 0 Å². The molecule has 0 aliphatic rings. The van der Waals surface area contributed by atoms with Crippen LogP contribution in [0.15, 0.2) is 121 Å². The molecule has 0 atom stereocenters. The molecule has 0 heterocycles. The highest BCUT2D eigenvalue weighted by Crippen LogP contribution is 2.34. The number of fused-ring (bicyclic) bond motifs is 1. The van der Waals surface area contributed by atoms with E-state index >= 15 is 0 Å². The van der Waals surface area contributed by atoms with E-state index in [2.05, 4.69) is 54.6 Å². The third-order valence-electron chi connectivity index (χ3n) is 6.63. The summed E-state index contributed by atoms with van der Waals surface area (Å²) in [5.41, 5.74) is 7.20. The molecule has 5 aromatic carbocycles. The molecule has 0 aliphatic heterocycles. The van der Waals surface area contributed by atoms with Gasteiger partial charge in [-0.05, 0) is 64.4 Å². The van der Waals surface area contributed by atoms with E-state index in [0.29, 0.717) is 5.56 Å². The summed E-state index contributed by atoms with van der Waals surface area (Å²) in [4.78, 5) is 13.5. The van der Waals surface area contributed by atoms with E-state index < -0.39 is 0 Å². The van der Waals surface area contributed by atoms with Crippen LogP contribution in [0.1, 0.15) is 44.6 Å². The molecule has 0 amide bonds. The van der Waals surface area contributed by atoms with Crippen molar-refractivity contribution >= 4 is 28.4 Å². The smallest absolute Gasteiger partial charge is 0.339 e. The number of hydrogen-bond acceptors (Lipinski definition) is 2. The van der Waals surface area contributed by atoms with Gasteiger partial charge in [-0.1, -0.05) is 127 Å². The fourth-order valence-corrected chi connectivity index (χ4v) is 4.64. The molecule has 0 radical (unpaired) electrons. The summed E-state index contributed by atoms with van der Waals surface area (Å²) in [7, 11) is 0. The lowest BCUT2D eigenvalue weighted by molar-refractivity contribution is 0.0472. The Bertz CT molecular complexity index is 1510. The minimum atomic E-state index is -0.306. The van der Waals surface area contributed by atoms with Crippen LogP contribution in [0.25, 0.3) is 22.4 Å². The van der Waals surface area contributed by atoms with E-state index in [1.165, 1.54) is 11.1 Å². The summed E-state index contributed by atoms with van der Waals surface area (Å²) in [5.74, 6) is -0.306. The quantitative estimate of drug-likeness (QED) is 0.163. The van der Waals surface area contributed by atoms with E-state index in [-0.39, 0.29) is 12.6 Å². The van der Waals surface area contributed by atoms with Gasteiger partial charge in [-0.15, -0.1) is 0 Å². The van der Waals surface area contributed by atoms with Gasteiger partial charge in [0.25, 0.3) is 0 Å². The average molecular weight is 483 g/mol. The molecule has 182 valence electrons. The van der Waals surface area contributed by atoms with Gasteiger partial charge in [0, 0.05) is 0 Å². The molecule has 2 heteroatoms. The maximum absolute atomic E-state index is 13.5. The zero-order chi connectivity index (χ0) is 25.5. The largest absolute Gasteiger partial charge is 0.457 e. The van der Waals surface area contributed by atoms with Crippen LogP contribution in [0.5, 0.6) is 0 Å². The standard InChI is InChI=1S/C35H30O2/c1-26-16-18-29(19-17-26)25-37-35(36)33-23-22-30-14-8-9-15-32(30)34(33)31(24-28-12-6-3-7-13-28)21-20-27-10-4-2-5-11-27/h2-19,22-24H,20-21,25H2,1H3/b31-24-. The molecule has 0 bridgehead atoms. The van der Waals surface area contributed by atoms with Crippen LogP contribution < -0.4 is 0 Å². The van der Waals surface area contributed by atoms with Crippen molar-refractivity contribution < 1.29 is 9.53 Å². The van der Waals surface area contributed by atoms with Crippen molar-refractivity contribution in [2.24, 2.45) is 0 Å². The molecule has 0 N–H and O–H groups in total. The Hall–Kier alpha value is -4.43. The molecule has 0 aliphatic carbocycles. The van der Waals surface area contributed by atoms with Gasteiger partial charge in [0.05, 0.1) is 5.56 Å². The number of benzene rings is 5. The van der Waals surface area contributed by atoms with Crippen LogP contribution in [-0.2, 0) is 17.8 Å². The third-order valence-corrected chi connectivity index (χ3v) is 6.63. The molecule has 0 aromatic heterocycles. The molecular formula is C35H30O2. The first-order valence-corrected chi connectivity index (χ1v) is 12.7. The van der Waals surface area contributed by atoms with E-state index in [1.54, 1.807) is 0 Å². The average Bonchev–Trinajstić information content (AvgIpc) is 2.95. The SMILES string of the molecule is Cc1ccc(COC(=O)c2ccc3ccccc3c2/C(=C\c2ccccc2)CCc2ccccc2)cc1. The number of carbonyl (C=O) groups excluding carboxylic acids is 1. The summed E-state index contributed by atoms with van der Waals surface area (Å²) in [5, 5.41) is 2.16. The number of esters is 1. The summed E-state index contributed by atoms with van der Waals surface area (Å²) in [6, 6.07) is 41.1. The van der Waals surface area contributed by atoms with Gasteiger partial charge < -0.3 is 4.74 Å². The number of carbonyl (C=O) groups is 1. The number of ether oxygens (including phenoxy) is 1. The van der Waals surface area contributed by atoms with Crippen LogP contribution in [-0.4, -0.2) is 5.97 Å². The lowest BCUT2D eigenvalue weighted by Crippen LogP contribution is -2.09. The van der Waals surface area contributed by atoms with Crippen LogP contribution in [0, 0.1) is 6.92 Å². The first-order valence-electron chi connectivity index (χ1n) is 12.7. The molecule has 37 heavy (non-hydrogen) atoms. The van der Waals surface area contributed by atoms with Gasteiger partial charge >= 0.3 is 5.97 Å². The zero-order valence-corrected chi connectivity index (χ0v) is 21.1. The highest BCUT2D eigenvalue weighted by molar-refractivity contribution is 6.07. The second kappa shape index (κ2) is 11.5. The summed E-state index contributed by atoms with van der Waals surface area (Å²) in [6.07, 6.45) is 3.88. The van der Waals surface area contributed by atoms with Crippen molar-refractivity contribution in [2.75, 3.05) is 0 Å². The van der Waals surface area contributed by atoms with Crippen LogP contribution in [0.2, 0.25) is 0 Å². The van der Waals surface area contributed by atoms with Gasteiger partial charge in [-0.25, -0.2) is 4.79 Å². The Morgan fingerprint density at radius 2 is 1.38 bits per heavy atom. The third kappa shape index (κ3) is 6.05. The Labute approximate surface area is 218 Å². The fourth-order valence-electron chi connectivity index (χ4n) is 4.64. The van der Waals surface area contributed by atoms with Crippen LogP contribution in [0.3, 0.4) is 0 Å². The minimum absolute atomic E-state index is 0.243. The molecule has 0 saturated carbocycles. The van der Waals surface area contributed by atoms with Gasteiger partial charge in [-0.3, -0.25) is 0 Å². The van der Waals surface area contributed by atoms with Crippen molar-refractivity contribution in [1.29, 1.82) is 0 Å². The Balaban J connectivity index is 1.56. The molecule has 0 unspecified atom stereocenters. The van der Waals surface area contributed by atoms with Crippen molar-refractivity contribution in [3.8, 4) is 0 Å². The molecule has 0 spiro atoms. The van der Waals surface area contributed by atoms with E-state index in [9.17, 15) is 4.79 Å². The first kappa shape index (κ1) is 24.3. The lowest BCUT2D eigenvalue weighted by atomic mass is 9.88. The minimum Gasteiger partial charge on any atom is -0.457 e. The Morgan fingerprint density at radius 1 is 0.703 bits per heavy atom. The fraction of sp³-hybridized carbons (Fsp3) is 0.114. The molecule has 5 aromatic rings. The second-order valence-electron chi connectivity index (χ2n) is 9.34. The maximum atomic E-state index is 13.5. The van der Waals surface area contributed by atoms with Crippen LogP contribution in [0.4, 0.5) is 0 Å². The maximum Gasteiger partial charge on any atom is 0.339 e. The monoisotopic (exact) mass is 482 g/mol. The highest BCUT2D eigenvalue weighted by atomic mass is 16.5. The Morgan fingerprint density at radius 3 is 2.14 bits per heavy atom. The number of allylic oxidation sites excluding steroid dienone is 1. The molecule has 2 nitrogen and oxygen atoms in total. The number of aryl methyl sites for hydroxylation is 2. The van der Waals surface area contributed by atoms with E-state index in [1.807, 2.05) is 79.7 Å². The summed E-state index contributed by atoms with van der Waals surface area (Å²) in [6.45, 7) is 2.29. The zero-order valence-electron chi connectivity index (χ0n) is 21.1. The number of hydrogen-bond donors (Lipinski definition) is 0. The molecular weight excluding hydrogens is 452 g/mol. The van der Waals surface area contributed by atoms with Crippen LogP contribution >= 0.6 is 0 Å². The molecule has 5 rings (SSSR count). The second-order valence-corrected chi connectivity index (χ2v) is 9.34.